The monoisotopic (exact) mass is 790 g/mol. The van der Waals surface area contributed by atoms with Crippen molar-refractivity contribution in [3.8, 4) is 44.5 Å². The lowest BCUT2D eigenvalue weighted by molar-refractivity contribution is 1.60. The topological polar surface area (TPSA) is 0 Å². The molecule has 0 heterocycles. The molecule has 0 unspecified atom stereocenters. The molecule has 0 saturated heterocycles. The molecule has 0 N–H and O–H groups in total. The standard InChI is InChI=1S/C62H38/c1-2-16-39(17-3-1)46-22-8-9-24-48(46)52-29-14-21-45-37-43-20-6-7-23-47(43)61(59(45)52)62-56(35-34-40-32-33-44-36-41-18-4-5-19-42(41)38-57(44)58(40)62)55-31-15-30-54-51-26-11-10-25-49(51)50-27-12-13-28-53(50)60(54)55/h1-38H/i6D,7D,14D,20D,21D,23D,29D,37D. The zero-order chi connectivity index (χ0) is 47.7. The van der Waals surface area contributed by atoms with E-state index < -0.39 is 18.1 Å². The van der Waals surface area contributed by atoms with Crippen molar-refractivity contribution in [2.75, 3.05) is 0 Å². The second kappa shape index (κ2) is 13.7. The molecule has 0 heteroatoms. The third-order valence-electron chi connectivity index (χ3n) is 12.8. The molecule has 0 amide bonds. The van der Waals surface area contributed by atoms with Gasteiger partial charge in [0.15, 0.2) is 0 Å². The fourth-order valence-corrected chi connectivity index (χ4v) is 10.1. The Kier molecular flexibility index (Phi) is 6.13. The minimum absolute atomic E-state index is 0.0365. The smallest absolute Gasteiger partial charge is 0.0622 e. The van der Waals surface area contributed by atoms with Gasteiger partial charge in [-0.3, -0.25) is 0 Å². The Bertz CT molecular complexity index is 4400. The lowest BCUT2D eigenvalue weighted by Crippen LogP contribution is -1.96. The van der Waals surface area contributed by atoms with Gasteiger partial charge in [-0.25, -0.2) is 0 Å². The van der Waals surface area contributed by atoms with E-state index in [1.807, 2.05) is 66.7 Å². The molecule has 13 rings (SSSR count). The van der Waals surface area contributed by atoms with Crippen molar-refractivity contribution in [1.82, 2.24) is 0 Å². The quantitative estimate of drug-likeness (QED) is 0.123. The van der Waals surface area contributed by atoms with Crippen molar-refractivity contribution in [3.63, 3.8) is 0 Å². The molecule has 0 saturated carbocycles. The maximum Gasteiger partial charge on any atom is 0.0636 e. The number of hydrogen-bond acceptors (Lipinski definition) is 0. The molecule has 0 fully saturated rings. The van der Waals surface area contributed by atoms with Gasteiger partial charge in [0.1, 0.15) is 0 Å². The van der Waals surface area contributed by atoms with E-state index in [0.717, 1.165) is 86.9 Å². The first-order valence-electron chi connectivity index (χ1n) is 24.9. The van der Waals surface area contributed by atoms with Crippen molar-refractivity contribution >= 4 is 86.2 Å². The molecule has 0 spiro atoms. The van der Waals surface area contributed by atoms with Crippen LogP contribution < -0.4 is 0 Å². The Balaban J connectivity index is 1.36. The molecular weight excluding hydrogens is 745 g/mol. The Morgan fingerprint density at radius 3 is 1.66 bits per heavy atom. The molecule has 0 aliphatic rings. The van der Waals surface area contributed by atoms with E-state index in [0.29, 0.717) is 27.6 Å². The van der Waals surface area contributed by atoms with Gasteiger partial charge in [0.2, 0.25) is 0 Å². The molecule has 0 aromatic heterocycles. The molecule has 0 aliphatic heterocycles. The van der Waals surface area contributed by atoms with Crippen LogP contribution in [0.15, 0.2) is 230 Å². The Labute approximate surface area is 370 Å². The first-order valence-corrected chi connectivity index (χ1v) is 20.9. The summed E-state index contributed by atoms with van der Waals surface area (Å²) in [5, 5.41) is 12.4. The number of benzene rings is 13. The summed E-state index contributed by atoms with van der Waals surface area (Å²) in [4.78, 5) is 0. The Morgan fingerprint density at radius 2 is 0.855 bits per heavy atom. The summed E-state index contributed by atoms with van der Waals surface area (Å²) in [6.45, 7) is 0. The third-order valence-corrected chi connectivity index (χ3v) is 12.8. The molecule has 0 bridgehead atoms. The van der Waals surface area contributed by atoms with Crippen LogP contribution in [-0.2, 0) is 0 Å². The normalized spacial score (nSPS) is 13.7. The summed E-state index contributed by atoms with van der Waals surface area (Å²) in [5.41, 5.74) is 5.18. The predicted molar refractivity (Wildman–Crippen MR) is 268 cm³/mol. The first-order chi connectivity index (χ1) is 34.1. The Hall–Kier alpha value is -8.06. The highest BCUT2D eigenvalue weighted by Gasteiger charge is 2.24. The van der Waals surface area contributed by atoms with E-state index in [4.69, 9.17) is 1.37 Å². The van der Waals surface area contributed by atoms with Crippen LogP contribution in [0.3, 0.4) is 0 Å². The van der Waals surface area contributed by atoms with Crippen molar-refractivity contribution in [2.45, 2.75) is 0 Å². The van der Waals surface area contributed by atoms with Crippen molar-refractivity contribution in [1.29, 1.82) is 0 Å². The SMILES string of the molecule is [2H]c1c([2H])c([2H])c2c(-c3c(-c4cccc5c6ccccc6c6ccccc6c45)ccc4ccc5cc6ccccc6cc5c34)c3c(-c4ccccc4-c4ccccc4)c([2H])c([2H])c([2H])c3c([2H])c2c1[2H]. The highest BCUT2D eigenvalue weighted by Crippen LogP contribution is 2.52. The van der Waals surface area contributed by atoms with E-state index >= 15 is 0 Å². The number of rotatable bonds is 4. The van der Waals surface area contributed by atoms with Crippen LogP contribution in [0, 0.1) is 0 Å². The van der Waals surface area contributed by atoms with E-state index in [1.54, 1.807) is 0 Å². The van der Waals surface area contributed by atoms with Gasteiger partial charge in [0.25, 0.3) is 0 Å². The zero-order valence-electron chi connectivity index (χ0n) is 41.3. The van der Waals surface area contributed by atoms with Crippen LogP contribution in [0.25, 0.3) is 131 Å². The molecule has 0 nitrogen and oxygen atoms in total. The summed E-state index contributed by atoms with van der Waals surface area (Å²) in [6, 6.07) is 58.7. The molecular formula is C62H38. The maximum atomic E-state index is 10.0. The highest BCUT2D eigenvalue weighted by atomic mass is 14.3. The van der Waals surface area contributed by atoms with Gasteiger partial charge >= 0.3 is 0 Å². The van der Waals surface area contributed by atoms with E-state index in [9.17, 15) is 9.60 Å². The van der Waals surface area contributed by atoms with Crippen LogP contribution in [0.4, 0.5) is 0 Å². The molecule has 13 aromatic rings. The van der Waals surface area contributed by atoms with Crippen molar-refractivity contribution in [3.05, 3.63) is 230 Å². The number of hydrogen-bond donors (Lipinski definition) is 0. The van der Waals surface area contributed by atoms with Crippen molar-refractivity contribution < 1.29 is 11.0 Å². The second-order valence-corrected chi connectivity index (χ2v) is 16.1. The first kappa shape index (κ1) is 27.7. The number of fused-ring (bicyclic) bond motifs is 12. The van der Waals surface area contributed by atoms with Gasteiger partial charge in [0.05, 0.1) is 11.0 Å². The summed E-state index contributed by atoms with van der Waals surface area (Å²) in [7, 11) is 0. The van der Waals surface area contributed by atoms with E-state index in [2.05, 4.69) is 115 Å². The van der Waals surface area contributed by atoms with Crippen molar-refractivity contribution in [2.24, 2.45) is 0 Å². The van der Waals surface area contributed by atoms with Crippen LogP contribution in [0.2, 0.25) is 0 Å². The van der Waals surface area contributed by atoms with Crippen LogP contribution in [0.1, 0.15) is 11.0 Å². The molecule has 62 heavy (non-hydrogen) atoms. The Morgan fingerprint density at radius 1 is 0.258 bits per heavy atom. The molecule has 0 radical (unpaired) electrons. The summed E-state index contributed by atoms with van der Waals surface area (Å²) in [5.74, 6) is 0. The highest BCUT2D eigenvalue weighted by molar-refractivity contribution is 6.32. The molecule has 13 aromatic carbocycles. The lowest BCUT2D eigenvalue weighted by atomic mass is 9.79. The third kappa shape index (κ3) is 5.20. The lowest BCUT2D eigenvalue weighted by Gasteiger charge is -2.23. The molecule has 286 valence electrons. The van der Waals surface area contributed by atoms with Gasteiger partial charge in [0, 0.05) is 0 Å². The van der Waals surface area contributed by atoms with Gasteiger partial charge in [-0.1, -0.05) is 212 Å². The van der Waals surface area contributed by atoms with Gasteiger partial charge in [-0.15, -0.1) is 0 Å². The fourth-order valence-electron chi connectivity index (χ4n) is 10.1. The minimum Gasteiger partial charge on any atom is -0.0622 e. The van der Waals surface area contributed by atoms with Gasteiger partial charge in [-0.2, -0.15) is 0 Å². The predicted octanol–water partition coefficient (Wildman–Crippen LogP) is 17.6. The van der Waals surface area contributed by atoms with Gasteiger partial charge in [-0.05, 0) is 149 Å². The summed E-state index contributed by atoms with van der Waals surface area (Å²) in [6.07, 6.45) is 0. The summed E-state index contributed by atoms with van der Waals surface area (Å²) >= 11 is 0. The second-order valence-electron chi connectivity index (χ2n) is 16.1. The largest absolute Gasteiger partial charge is 0.0636 e. The minimum atomic E-state index is -0.497. The van der Waals surface area contributed by atoms with Crippen LogP contribution >= 0.6 is 0 Å². The average Bonchev–Trinajstić information content (AvgIpc) is 3.40. The van der Waals surface area contributed by atoms with E-state index in [1.165, 1.54) is 0 Å². The van der Waals surface area contributed by atoms with E-state index in [-0.39, 0.29) is 46.4 Å². The van der Waals surface area contributed by atoms with Crippen LogP contribution in [-0.4, -0.2) is 0 Å². The molecule has 0 atom stereocenters. The molecule has 0 aliphatic carbocycles. The maximum absolute atomic E-state index is 10.0. The zero-order valence-corrected chi connectivity index (χ0v) is 33.3. The summed E-state index contributed by atoms with van der Waals surface area (Å²) < 4.78 is 77.1. The average molecular weight is 791 g/mol. The fraction of sp³-hybridized carbons (Fsp3) is 0. The van der Waals surface area contributed by atoms with Gasteiger partial charge < -0.3 is 0 Å². The van der Waals surface area contributed by atoms with Crippen LogP contribution in [0.5, 0.6) is 0 Å².